The minimum Gasteiger partial charge on any atom is -0.759 e. The summed E-state index contributed by atoms with van der Waals surface area (Å²) in [6.07, 6.45) is 0. The van der Waals surface area contributed by atoms with Gasteiger partial charge in [0.15, 0.2) is 0 Å². The lowest BCUT2D eigenvalue weighted by Gasteiger charge is -2.29. The highest BCUT2D eigenvalue weighted by Gasteiger charge is 2.17. The van der Waals surface area contributed by atoms with Gasteiger partial charge >= 0.3 is 5.13 Å². The molecular weight excluding hydrogens is 478 g/mol. The number of rotatable bonds is 8. The number of methoxy groups -OCH3 is 1. The Kier molecular flexibility index (Phi) is 9.47. The first-order valence-corrected chi connectivity index (χ1v) is 12.7. The van der Waals surface area contributed by atoms with E-state index < -0.39 is 10.4 Å². The molecule has 0 amide bonds. The van der Waals surface area contributed by atoms with Gasteiger partial charge in [0.25, 0.3) is 0 Å². The smallest absolute Gasteiger partial charge is 0.409 e. The Morgan fingerprint density at radius 1 is 1.09 bits per heavy atom. The standard InChI is InChI=1S/C22H31N5OS.H2O4S/c1-7-26(14-15-27(3,4)5)18-10-8-17(9-11-18)23-24-22-25(2)20-13-12-19(28-6)16-21(20)29-22;1-5(2,3)4/h8-13,16H,7,14-15H2,1-6H3;(H2,1,2,3,4)/q+2;/p-2. The average molecular weight is 510 g/mol. The molecule has 0 spiro atoms. The Bertz CT molecular complexity index is 1210. The Balaban J connectivity index is 0.000000739. The molecule has 0 fully saturated rings. The lowest BCUT2D eigenvalue weighted by Crippen LogP contribution is -2.42. The molecule has 1 aromatic heterocycles. The van der Waals surface area contributed by atoms with Crippen LogP contribution in [0.1, 0.15) is 6.92 Å². The number of aromatic nitrogens is 1. The molecule has 3 rings (SSSR count). The maximum atomic E-state index is 8.52. The highest BCUT2D eigenvalue weighted by Crippen LogP contribution is 2.30. The second kappa shape index (κ2) is 11.7. The molecule has 0 saturated carbocycles. The van der Waals surface area contributed by atoms with E-state index in [-0.39, 0.29) is 0 Å². The second-order valence-electron chi connectivity index (χ2n) is 8.50. The van der Waals surface area contributed by atoms with Crippen molar-refractivity contribution in [2.75, 3.05) is 52.8 Å². The van der Waals surface area contributed by atoms with Gasteiger partial charge < -0.3 is 23.2 Å². The normalized spacial score (nSPS) is 12.0. The van der Waals surface area contributed by atoms with Crippen LogP contribution in [0, 0.1) is 0 Å². The summed E-state index contributed by atoms with van der Waals surface area (Å²) in [6, 6.07) is 14.4. The van der Waals surface area contributed by atoms with E-state index >= 15 is 0 Å². The van der Waals surface area contributed by atoms with Crippen molar-refractivity contribution in [1.29, 1.82) is 0 Å². The van der Waals surface area contributed by atoms with Crippen LogP contribution in [0.5, 0.6) is 5.75 Å². The molecule has 0 radical (unpaired) electrons. The van der Waals surface area contributed by atoms with Crippen LogP contribution in [0.4, 0.5) is 16.5 Å². The van der Waals surface area contributed by atoms with Crippen molar-refractivity contribution in [1.82, 2.24) is 0 Å². The third kappa shape index (κ3) is 8.95. The van der Waals surface area contributed by atoms with Gasteiger partial charge in [0, 0.05) is 28.7 Å². The lowest BCUT2D eigenvalue weighted by molar-refractivity contribution is -0.868. The molecule has 12 heteroatoms. The van der Waals surface area contributed by atoms with Gasteiger partial charge in [0.05, 0.1) is 58.2 Å². The fourth-order valence-corrected chi connectivity index (χ4v) is 4.06. The lowest BCUT2D eigenvalue weighted by atomic mass is 10.2. The first-order chi connectivity index (χ1) is 15.8. The summed E-state index contributed by atoms with van der Waals surface area (Å²) in [4.78, 5) is 2.39. The van der Waals surface area contributed by atoms with E-state index in [1.165, 1.54) is 5.69 Å². The third-order valence-corrected chi connectivity index (χ3v) is 5.99. The topological polar surface area (TPSA) is 121 Å². The molecule has 0 aliphatic rings. The summed E-state index contributed by atoms with van der Waals surface area (Å²) in [5, 5.41) is 9.79. The molecule has 0 atom stereocenters. The molecule has 0 aliphatic carbocycles. The van der Waals surface area contributed by atoms with Crippen LogP contribution < -0.4 is 14.2 Å². The fraction of sp³-hybridized carbons (Fsp3) is 0.409. The molecule has 0 N–H and O–H groups in total. The Hall–Kier alpha value is -2.64. The number of hydrogen-bond donors (Lipinski definition) is 0. The molecule has 186 valence electrons. The minimum absolute atomic E-state index is 0.851. The number of aryl methyl sites for hydroxylation is 1. The van der Waals surface area contributed by atoms with E-state index in [0.717, 1.165) is 50.9 Å². The zero-order valence-electron chi connectivity index (χ0n) is 20.3. The van der Waals surface area contributed by atoms with Crippen molar-refractivity contribution in [2.24, 2.45) is 17.3 Å². The van der Waals surface area contributed by atoms with Crippen molar-refractivity contribution in [3.8, 4) is 5.75 Å². The average Bonchev–Trinajstić information content (AvgIpc) is 3.06. The molecule has 3 aromatic rings. The number of ether oxygens (including phenoxy) is 1. The Morgan fingerprint density at radius 2 is 1.71 bits per heavy atom. The predicted molar refractivity (Wildman–Crippen MR) is 131 cm³/mol. The van der Waals surface area contributed by atoms with Crippen LogP contribution in [0.15, 0.2) is 52.7 Å². The van der Waals surface area contributed by atoms with Gasteiger partial charge in [-0.3, -0.25) is 8.42 Å². The van der Waals surface area contributed by atoms with Crippen LogP contribution in [0.3, 0.4) is 0 Å². The minimum atomic E-state index is -5.17. The number of azo groups is 1. The molecule has 1 heterocycles. The van der Waals surface area contributed by atoms with E-state index in [1.54, 1.807) is 18.4 Å². The third-order valence-electron chi connectivity index (χ3n) is 4.90. The van der Waals surface area contributed by atoms with Crippen LogP contribution in [-0.4, -0.2) is 69.9 Å². The molecule has 0 unspecified atom stereocenters. The Morgan fingerprint density at radius 3 is 2.24 bits per heavy atom. The van der Waals surface area contributed by atoms with Gasteiger partial charge in [-0.1, -0.05) is 0 Å². The molecule has 2 aromatic carbocycles. The number of anilines is 1. The number of quaternary nitrogens is 1. The Labute approximate surface area is 204 Å². The largest absolute Gasteiger partial charge is 0.759 e. The second-order valence-corrected chi connectivity index (χ2v) is 10.3. The first kappa shape index (κ1) is 27.6. The van der Waals surface area contributed by atoms with Crippen LogP contribution in [-0.2, 0) is 17.4 Å². The van der Waals surface area contributed by atoms with Crippen LogP contribution >= 0.6 is 11.3 Å². The first-order valence-electron chi connectivity index (χ1n) is 10.5. The zero-order chi connectivity index (χ0) is 25.5. The number of benzene rings is 2. The monoisotopic (exact) mass is 509 g/mol. The van der Waals surface area contributed by atoms with Gasteiger partial charge in [0.1, 0.15) is 17.0 Å². The van der Waals surface area contributed by atoms with Gasteiger partial charge in [0.2, 0.25) is 0 Å². The summed E-state index contributed by atoms with van der Waals surface area (Å²) in [5.41, 5.74) is 3.20. The number of hydrogen-bond acceptors (Lipinski definition) is 9. The molecule has 0 bridgehead atoms. The van der Waals surface area contributed by atoms with Crippen molar-refractivity contribution >= 4 is 48.5 Å². The van der Waals surface area contributed by atoms with E-state index in [0.29, 0.717) is 0 Å². The molecular formula is C22H31N5O5S2. The van der Waals surface area contributed by atoms with E-state index in [1.807, 2.05) is 37.4 Å². The fourth-order valence-electron chi connectivity index (χ4n) is 3.06. The molecule has 34 heavy (non-hydrogen) atoms. The zero-order valence-corrected chi connectivity index (χ0v) is 21.9. The van der Waals surface area contributed by atoms with Crippen LogP contribution in [0.25, 0.3) is 10.2 Å². The van der Waals surface area contributed by atoms with Crippen molar-refractivity contribution in [3.63, 3.8) is 0 Å². The van der Waals surface area contributed by atoms with E-state index in [4.69, 9.17) is 22.3 Å². The van der Waals surface area contributed by atoms with Crippen molar-refractivity contribution in [2.45, 2.75) is 6.92 Å². The van der Waals surface area contributed by atoms with Gasteiger partial charge in [-0.15, -0.1) is 0 Å². The SMILES string of the molecule is CCN(CC[N+](C)(C)C)c1ccc(/N=N/c2sc3cc(OC)ccc3[n+]2C)cc1.O=S(=O)([O-])[O-]. The van der Waals surface area contributed by atoms with E-state index in [9.17, 15) is 0 Å². The number of nitrogens with zero attached hydrogens (tertiary/aromatic N) is 5. The van der Waals surface area contributed by atoms with Crippen molar-refractivity contribution < 1.29 is 31.3 Å². The predicted octanol–water partition coefficient (Wildman–Crippen LogP) is 3.34. The maximum Gasteiger partial charge on any atom is 0.409 e. The highest BCUT2D eigenvalue weighted by atomic mass is 32.3. The van der Waals surface area contributed by atoms with Crippen molar-refractivity contribution in [3.05, 3.63) is 42.5 Å². The maximum absolute atomic E-state index is 8.52. The van der Waals surface area contributed by atoms with Gasteiger partial charge in [-0.25, -0.2) is 4.57 Å². The quantitative estimate of drug-likeness (QED) is 0.151. The summed E-state index contributed by atoms with van der Waals surface area (Å²) in [7, 11) is 5.20. The summed E-state index contributed by atoms with van der Waals surface area (Å²) in [6.45, 7) is 5.31. The van der Waals surface area contributed by atoms with Gasteiger partial charge in [-0.2, -0.15) is 0 Å². The highest BCUT2D eigenvalue weighted by molar-refractivity contribution is 7.79. The summed E-state index contributed by atoms with van der Waals surface area (Å²) >= 11 is 1.61. The van der Waals surface area contributed by atoms with Crippen LogP contribution in [0.2, 0.25) is 0 Å². The summed E-state index contributed by atoms with van der Waals surface area (Å²) in [5.74, 6) is 0.851. The summed E-state index contributed by atoms with van der Waals surface area (Å²) < 4.78 is 43.5. The number of fused-ring (bicyclic) bond motifs is 1. The number of likely N-dealkylation sites (N-methyl/N-ethyl adjacent to an activating group) is 2. The number of thiazole rings is 1. The van der Waals surface area contributed by atoms with E-state index in [2.05, 4.69) is 59.9 Å². The molecule has 0 aliphatic heterocycles. The molecule has 10 nitrogen and oxygen atoms in total. The van der Waals surface area contributed by atoms with Gasteiger partial charge in [-0.05, 0) is 59.8 Å². The molecule has 0 saturated heterocycles.